The number of aromatic nitrogens is 2. The molecule has 156 valence electrons. The Bertz CT molecular complexity index is 765. The Kier molecular flexibility index (Phi) is 6.68. The highest BCUT2D eigenvalue weighted by Crippen LogP contribution is 2.37. The molecule has 2 fully saturated rings. The van der Waals surface area contributed by atoms with Crippen LogP contribution in [0, 0.1) is 6.92 Å². The Hall–Kier alpha value is -2.10. The van der Waals surface area contributed by atoms with Crippen LogP contribution < -0.4 is 10.6 Å². The SMILES string of the molecule is CCCCc1cccc(-c2c(NC3CCCC3)nc(C)nc2NC2CCCC2)c1. The van der Waals surface area contributed by atoms with E-state index < -0.39 is 0 Å². The highest BCUT2D eigenvalue weighted by Gasteiger charge is 2.23. The average molecular weight is 393 g/mol. The van der Waals surface area contributed by atoms with E-state index in [-0.39, 0.29) is 0 Å². The average Bonchev–Trinajstić information content (AvgIpc) is 3.41. The molecule has 0 radical (unpaired) electrons. The normalized spacial score (nSPS) is 17.7. The number of anilines is 2. The van der Waals surface area contributed by atoms with E-state index in [1.54, 1.807) is 0 Å². The summed E-state index contributed by atoms with van der Waals surface area (Å²) in [5, 5.41) is 7.57. The standard InChI is InChI=1S/C25H36N4/c1-3-4-10-19-11-9-12-20(17-19)23-24(28-21-13-5-6-14-21)26-18(2)27-25(23)29-22-15-7-8-16-22/h9,11-12,17,21-22H,3-8,10,13-16H2,1-2H3,(H2,26,27,28,29). The molecule has 0 unspecified atom stereocenters. The Balaban J connectivity index is 1.72. The summed E-state index contributed by atoms with van der Waals surface area (Å²) in [5.41, 5.74) is 3.80. The van der Waals surface area contributed by atoms with Crippen LogP contribution in [0.5, 0.6) is 0 Å². The second kappa shape index (κ2) is 9.60. The van der Waals surface area contributed by atoms with Gasteiger partial charge in [-0.1, -0.05) is 63.3 Å². The Morgan fingerprint density at radius 1 is 0.897 bits per heavy atom. The lowest BCUT2D eigenvalue weighted by molar-refractivity contribution is 0.741. The molecular weight excluding hydrogens is 356 g/mol. The molecule has 0 atom stereocenters. The zero-order valence-electron chi connectivity index (χ0n) is 18.1. The molecule has 4 heteroatoms. The summed E-state index contributed by atoms with van der Waals surface area (Å²) in [6.45, 7) is 4.27. The van der Waals surface area contributed by atoms with Crippen molar-refractivity contribution in [3.63, 3.8) is 0 Å². The van der Waals surface area contributed by atoms with Gasteiger partial charge in [-0.25, -0.2) is 9.97 Å². The summed E-state index contributed by atoms with van der Waals surface area (Å²) in [6.07, 6.45) is 13.8. The van der Waals surface area contributed by atoms with Crippen molar-refractivity contribution in [1.29, 1.82) is 0 Å². The van der Waals surface area contributed by atoms with Crippen LogP contribution in [-0.2, 0) is 6.42 Å². The van der Waals surface area contributed by atoms with Gasteiger partial charge in [0.2, 0.25) is 0 Å². The van der Waals surface area contributed by atoms with Crippen molar-refractivity contribution >= 4 is 11.6 Å². The topological polar surface area (TPSA) is 49.8 Å². The second-order valence-corrected chi connectivity index (χ2v) is 8.90. The molecular formula is C25H36N4. The molecule has 2 aliphatic carbocycles. The third kappa shape index (κ3) is 5.09. The Morgan fingerprint density at radius 2 is 1.48 bits per heavy atom. The van der Waals surface area contributed by atoms with E-state index in [9.17, 15) is 0 Å². The lowest BCUT2D eigenvalue weighted by Gasteiger charge is -2.22. The molecule has 1 aromatic carbocycles. The predicted molar refractivity (Wildman–Crippen MR) is 123 cm³/mol. The van der Waals surface area contributed by atoms with Crippen LogP contribution in [0.3, 0.4) is 0 Å². The van der Waals surface area contributed by atoms with Crippen LogP contribution in [0.25, 0.3) is 11.1 Å². The molecule has 0 aliphatic heterocycles. The fourth-order valence-electron chi connectivity index (χ4n) is 4.85. The van der Waals surface area contributed by atoms with Gasteiger partial charge in [-0.05, 0) is 56.6 Å². The minimum atomic E-state index is 0.533. The van der Waals surface area contributed by atoms with Crippen molar-refractivity contribution < 1.29 is 0 Å². The number of hydrogen-bond acceptors (Lipinski definition) is 4. The number of nitrogens with one attached hydrogen (secondary N) is 2. The lowest BCUT2D eigenvalue weighted by atomic mass is 10.00. The first-order valence-corrected chi connectivity index (χ1v) is 11.7. The van der Waals surface area contributed by atoms with Gasteiger partial charge in [0.05, 0.1) is 5.56 Å². The molecule has 2 aliphatic rings. The first-order valence-electron chi connectivity index (χ1n) is 11.7. The fraction of sp³-hybridized carbons (Fsp3) is 0.600. The molecule has 0 spiro atoms. The van der Waals surface area contributed by atoms with Crippen LogP contribution >= 0.6 is 0 Å². The summed E-state index contributed by atoms with van der Waals surface area (Å²) in [6, 6.07) is 10.1. The number of unbranched alkanes of at least 4 members (excludes halogenated alkanes) is 1. The van der Waals surface area contributed by atoms with Crippen molar-refractivity contribution in [2.75, 3.05) is 10.6 Å². The lowest BCUT2D eigenvalue weighted by Crippen LogP contribution is -2.20. The third-order valence-electron chi connectivity index (χ3n) is 6.45. The third-order valence-corrected chi connectivity index (χ3v) is 6.45. The van der Waals surface area contributed by atoms with E-state index >= 15 is 0 Å². The van der Waals surface area contributed by atoms with Crippen LogP contribution in [-0.4, -0.2) is 22.1 Å². The maximum Gasteiger partial charge on any atom is 0.140 e. The van der Waals surface area contributed by atoms with Crippen LogP contribution in [0.4, 0.5) is 11.6 Å². The molecule has 0 amide bonds. The van der Waals surface area contributed by atoms with Crippen molar-refractivity contribution in [2.45, 2.75) is 96.6 Å². The van der Waals surface area contributed by atoms with Crippen molar-refractivity contribution in [3.8, 4) is 11.1 Å². The Morgan fingerprint density at radius 3 is 2.03 bits per heavy atom. The second-order valence-electron chi connectivity index (χ2n) is 8.90. The monoisotopic (exact) mass is 392 g/mol. The maximum absolute atomic E-state index is 4.88. The smallest absolute Gasteiger partial charge is 0.140 e. The van der Waals surface area contributed by atoms with E-state index in [0.717, 1.165) is 29.4 Å². The summed E-state index contributed by atoms with van der Waals surface area (Å²) in [5.74, 6) is 2.87. The number of aryl methyl sites for hydroxylation is 2. The van der Waals surface area contributed by atoms with Crippen LogP contribution in [0.15, 0.2) is 24.3 Å². The van der Waals surface area contributed by atoms with E-state index in [1.807, 2.05) is 6.92 Å². The summed E-state index contributed by atoms with van der Waals surface area (Å²) in [7, 11) is 0. The van der Waals surface area contributed by atoms with Crippen molar-refractivity contribution in [2.24, 2.45) is 0 Å². The minimum absolute atomic E-state index is 0.533. The molecule has 4 rings (SSSR count). The molecule has 2 aromatic rings. The van der Waals surface area contributed by atoms with E-state index in [0.29, 0.717) is 12.1 Å². The molecule has 1 aromatic heterocycles. The van der Waals surface area contributed by atoms with Gasteiger partial charge in [0.25, 0.3) is 0 Å². The van der Waals surface area contributed by atoms with Gasteiger partial charge in [-0.15, -0.1) is 0 Å². The van der Waals surface area contributed by atoms with Gasteiger partial charge in [0.15, 0.2) is 0 Å². The predicted octanol–water partition coefficient (Wildman–Crippen LogP) is 6.50. The molecule has 2 saturated carbocycles. The number of hydrogen-bond donors (Lipinski definition) is 2. The zero-order valence-corrected chi connectivity index (χ0v) is 18.1. The van der Waals surface area contributed by atoms with Gasteiger partial charge in [-0.2, -0.15) is 0 Å². The first-order chi connectivity index (χ1) is 14.2. The van der Waals surface area contributed by atoms with Crippen molar-refractivity contribution in [1.82, 2.24) is 9.97 Å². The maximum atomic E-state index is 4.88. The summed E-state index contributed by atoms with van der Waals surface area (Å²) >= 11 is 0. The van der Waals surface area contributed by atoms with Crippen LogP contribution in [0.2, 0.25) is 0 Å². The number of benzene rings is 1. The van der Waals surface area contributed by atoms with E-state index in [1.165, 1.54) is 75.3 Å². The van der Waals surface area contributed by atoms with Crippen LogP contribution in [0.1, 0.15) is 82.5 Å². The highest BCUT2D eigenvalue weighted by molar-refractivity contribution is 5.85. The Labute approximate surface area is 175 Å². The first kappa shape index (κ1) is 20.2. The molecule has 0 saturated heterocycles. The zero-order chi connectivity index (χ0) is 20.1. The minimum Gasteiger partial charge on any atom is -0.367 e. The molecule has 0 bridgehead atoms. The van der Waals surface area contributed by atoms with Gasteiger partial charge < -0.3 is 10.6 Å². The fourth-order valence-corrected chi connectivity index (χ4v) is 4.85. The van der Waals surface area contributed by atoms with Gasteiger partial charge in [0.1, 0.15) is 17.5 Å². The van der Waals surface area contributed by atoms with E-state index in [4.69, 9.17) is 9.97 Å². The molecule has 4 nitrogen and oxygen atoms in total. The molecule has 29 heavy (non-hydrogen) atoms. The molecule has 1 heterocycles. The number of rotatable bonds is 8. The van der Waals surface area contributed by atoms with Crippen molar-refractivity contribution in [3.05, 3.63) is 35.7 Å². The van der Waals surface area contributed by atoms with Gasteiger partial charge in [-0.3, -0.25) is 0 Å². The largest absolute Gasteiger partial charge is 0.367 e. The molecule has 2 N–H and O–H groups in total. The summed E-state index contributed by atoms with van der Waals surface area (Å²) < 4.78 is 0. The summed E-state index contributed by atoms with van der Waals surface area (Å²) in [4.78, 5) is 9.76. The van der Waals surface area contributed by atoms with Gasteiger partial charge in [0, 0.05) is 12.1 Å². The van der Waals surface area contributed by atoms with Gasteiger partial charge >= 0.3 is 0 Å². The number of nitrogens with zero attached hydrogens (tertiary/aromatic N) is 2. The quantitative estimate of drug-likeness (QED) is 0.538. The van der Waals surface area contributed by atoms with E-state index in [2.05, 4.69) is 41.8 Å². The highest BCUT2D eigenvalue weighted by atomic mass is 15.1.